The van der Waals surface area contributed by atoms with Gasteiger partial charge in [-0.3, -0.25) is 14.2 Å². The molecule has 1 fully saturated rings. The smallest absolute Gasteiger partial charge is 0.258 e. The van der Waals surface area contributed by atoms with Crippen LogP contribution in [0.25, 0.3) is 11.0 Å². The normalized spacial score (nSPS) is 19.2. The molecule has 1 aliphatic heterocycles. The average Bonchev–Trinajstić information content (AvgIpc) is 3.63. The zero-order chi connectivity index (χ0) is 31.0. The van der Waals surface area contributed by atoms with Crippen LogP contribution in [0, 0.1) is 5.92 Å². The van der Waals surface area contributed by atoms with Crippen LogP contribution in [-0.2, 0) is 16.6 Å². The van der Waals surface area contributed by atoms with Crippen LogP contribution in [0.2, 0.25) is 0 Å². The zero-order valence-electron chi connectivity index (χ0n) is 25.3. The number of nitrogens with one attached hydrogen (secondary N) is 1. The van der Waals surface area contributed by atoms with Crippen molar-refractivity contribution >= 4 is 44.4 Å². The van der Waals surface area contributed by atoms with Crippen LogP contribution in [-0.4, -0.2) is 60.7 Å². The number of aromatic nitrogens is 3. The van der Waals surface area contributed by atoms with E-state index in [1.54, 1.807) is 15.7 Å². The van der Waals surface area contributed by atoms with E-state index in [0.717, 1.165) is 59.3 Å². The van der Waals surface area contributed by atoms with Crippen LogP contribution in [0.5, 0.6) is 0 Å². The summed E-state index contributed by atoms with van der Waals surface area (Å²) in [7, 11) is 0.245. The Labute approximate surface area is 258 Å². The van der Waals surface area contributed by atoms with Gasteiger partial charge in [-0.1, -0.05) is 37.3 Å². The van der Waals surface area contributed by atoms with E-state index in [1.165, 1.54) is 13.4 Å². The predicted molar refractivity (Wildman–Crippen MR) is 172 cm³/mol. The summed E-state index contributed by atoms with van der Waals surface area (Å²) in [6.45, 7) is 2.53. The second kappa shape index (κ2) is 12.1. The van der Waals surface area contributed by atoms with Crippen LogP contribution >= 0.6 is 0 Å². The number of carbonyl (C=O) groups excluding carboxylic acids is 2. The standard InChI is InChI=1S/C33H38N6O4S/c1-4-27(23-11-15-26(16-12-23)39-19-24-7-5-6-8-28(24)33(39)41)32(40)38-18-17-29-30(35-21-36-31(29)38)37(3)25-13-9-22(10-14-25)20-44(42,43)34-2/h5-8,11-12,15-18,21-22,25,27,34H,4,9-10,13-14,19-20H2,1-3H3/t22-,25-,27?. The van der Waals surface area contributed by atoms with Gasteiger partial charge in [-0.05, 0) is 80.5 Å². The highest BCUT2D eigenvalue weighted by Crippen LogP contribution is 2.34. The third-order valence-corrected chi connectivity index (χ3v) is 10.8. The first-order chi connectivity index (χ1) is 21.2. The third kappa shape index (κ3) is 5.61. The number of hydrogen-bond donors (Lipinski definition) is 1. The molecule has 0 radical (unpaired) electrons. The lowest BCUT2D eigenvalue weighted by molar-refractivity contribution is 0.0879. The van der Waals surface area contributed by atoms with E-state index in [2.05, 4.69) is 19.6 Å². The van der Waals surface area contributed by atoms with Crippen molar-refractivity contribution in [2.24, 2.45) is 5.92 Å². The highest BCUT2D eigenvalue weighted by molar-refractivity contribution is 7.89. The molecule has 44 heavy (non-hydrogen) atoms. The van der Waals surface area contributed by atoms with Gasteiger partial charge >= 0.3 is 0 Å². The minimum atomic E-state index is -3.23. The Hall–Kier alpha value is -4.09. The molecule has 0 spiro atoms. The Morgan fingerprint density at radius 3 is 2.45 bits per heavy atom. The molecule has 1 aliphatic carbocycles. The van der Waals surface area contributed by atoms with Crippen molar-refractivity contribution in [1.82, 2.24) is 19.3 Å². The fraction of sp³-hybridized carbons (Fsp3) is 0.394. The molecule has 1 saturated carbocycles. The van der Waals surface area contributed by atoms with E-state index in [4.69, 9.17) is 0 Å². The minimum absolute atomic E-state index is 0.00878. The quantitative estimate of drug-likeness (QED) is 0.283. The molecule has 1 N–H and O–H groups in total. The third-order valence-electron chi connectivity index (χ3n) is 9.30. The Morgan fingerprint density at radius 1 is 1.05 bits per heavy atom. The van der Waals surface area contributed by atoms with E-state index in [-0.39, 0.29) is 35.4 Å². The first-order valence-corrected chi connectivity index (χ1v) is 16.9. The first-order valence-electron chi connectivity index (χ1n) is 15.2. The van der Waals surface area contributed by atoms with E-state index in [0.29, 0.717) is 18.6 Å². The molecule has 1 atom stereocenters. The maximum absolute atomic E-state index is 13.9. The van der Waals surface area contributed by atoms with Gasteiger partial charge in [0, 0.05) is 30.5 Å². The molecule has 230 valence electrons. The average molecular weight is 615 g/mol. The molecule has 2 aromatic carbocycles. The van der Waals surface area contributed by atoms with E-state index in [1.807, 2.05) is 68.6 Å². The largest absolute Gasteiger partial charge is 0.356 e. The Kier molecular flexibility index (Phi) is 8.26. The molecule has 0 saturated heterocycles. The topological polar surface area (TPSA) is 118 Å². The van der Waals surface area contributed by atoms with Gasteiger partial charge < -0.3 is 9.80 Å². The molecule has 11 heteroatoms. The maximum Gasteiger partial charge on any atom is 0.258 e. The Balaban J connectivity index is 1.18. The van der Waals surface area contributed by atoms with Gasteiger partial charge in [0.25, 0.3) is 5.91 Å². The highest BCUT2D eigenvalue weighted by Gasteiger charge is 2.31. The van der Waals surface area contributed by atoms with Gasteiger partial charge in [-0.2, -0.15) is 0 Å². The number of carbonyl (C=O) groups is 2. The number of nitrogens with zero attached hydrogens (tertiary/aromatic N) is 5. The fourth-order valence-corrected chi connectivity index (χ4v) is 7.85. The van der Waals surface area contributed by atoms with E-state index >= 15 is 0 Å². The molecule has 2 aliphatic rings. The Bertz CT molecular complexity index is 1790. The van der Waals surface area contributed by atoms with Gasteiger partial charge in [-0.15, -0.1) is 0 Å². The summed E-state index contributed by atoms with van der Waals surface area (Å²) in [6, 6.07) is 17.5. The fourth-order valence-electron chi connectivity index (χ4n) is 6.73. The van der Waals surface area contributed by atoms with E-state index < -0.39 is 10.0 Å². The number of rotatable bonds is 9. The summed E-state index contributed by atoms with van der Waals surface area (Å²) in [5.41, 5.74) is 4.01. The number of hydrogen-bond acceptors (Lipinski definition) is 7. The second-order valence-corrected chi connectivity index (χ2v) is 13.8. The van der Waals surface area contributed by atoms with Gasteiger partial charge in [0.1, 0.15) is 12.1 Å². The van der Waals surface area contributed by atoms with E-state index in [9.17, 15) is 18.0 Å². The monoisotopic (exact) mass is 614 g/mol. The summed E-state index contributed by atoms with van der Waals surface area (Å²) in [5.74, 6) is 0.611. The van der Waals surface area contributed by atoms with Gasteiger partial charge in [-0.25, -0.2) is 23.1 Å². The van der Waals surface area contributed by atoms with Crippen LogP contribution in [0.15, 0.2) is 67.1 Å². The summed E-state index contributed by atoms with van der Waals surface area (Å²) in [6.07, 6.45) is 7.29. The van der Waals surface area contributed by atoms with Crippen LogP contribution in [0.1, 0.15) is 71.2 Å². The van der Waals surface area contributed by atoms with Crippen molar-refractivity contribution < 1.29 is 18.0 Å². The summed E-state index contributed by atoms with van der Waals surface area (Å²) < 4.78 is 28.1. The summed E-state index contributed by atoms with van der Waals surface area (Å²) in [5, 5.41) is 0.806. The van der Waals surface area contributed by atoms with Crippen molar-refractivity contribution in [2.45, 2.75) is 57.5 Å². The first kappa shape index (κ1) is 30.0. The molecule has 6 rings (SSSR count). The van der Waals surface area contributed by atoms with Crippen molar-refractivity contribution in [1.29, 1.82) is 0 Å². The van der Waals surface area contributed by atoms with Crippen LogP contribution in [0.4, 0.5) is 11.5 Å². The predicted octanol–water partition coefficient (Wildman–Crippen LogP) is 4.97. The SMILES string of the molecule is CCC(C(=O)n1ccc2c(N(C)[C@H]3CC[C@H](CS(=O)(=O)NC)CC3)ncnc21)c1ccc(N2Cc3ccccc3C2=O)cc1. The maximum atomic E-state index is 13.9. The molecule has 4 aromatic rings. The molecule has 1 amide bonds. The van der Waals surface area contributed by atoms with Gasteiger partial charge in [0.15, 0.2) is 5.65 Å². The summed E-state index contributed by atoms with van der Waals surface area (Å²) in [4.78, 5) is 39.9. The number of sulfonamides is 1. The zero-order valence-corrected chi connectivity index (χ0v) is 26.1. The molecule has 2 aromatic heterocycles. The lowest BCUT2D eigenvalue weighted by atomic mass is 9.86. The van der Waals surface area contributed by atoms with Crippen LogP contribution < -0.4 is 14.5 Å². The van der Waals surface area contributed by atoms with Gasteiger partial charge in [0.05, 0.1) is 23.6 Å². The molecule has 0 bridgehead atoms. The minimum Gasteiger partial charge on any atom is -0.356 e. The molecule has 1 unspecified atom stereocenters. The van der Waals surface area contributed by atoms with Crippen molar-refractivity contribution in [3.8, 4) is 0 Å². The Morgan fingerprint density at radius 2 is 1.77 bits per heavy atom. The lowest BCUT2D eigenvalue weighted by Gasteiger charge is -2.35. The van der Waals surface area contributed by atoms with Crippen molar-refractivity contribution in [3.63, 3.8) is 0 Å². The lowest BCUT2D eigenvalue weighted by Crippen LogP contribution is -2.38. The number of amides is 1. The number of fused-ring (bicyclic) bond motifs is 2. The number of benzene rings is 2. The summed E-state index contributed by atoms with van der Waals surface area (Å²) >= 11 is 0. The molecule has 3 heterocycles. The second-order valence-electron chi connectivity index (χ2n) is 11.8. The van der Waals surface area contributed by atoms with Crippen LogP contribution in [0.3, 0.4) is 0 Å². The molecular weight excluding hydrogens is 576 g/mol. The van der Waals surface area contributed by atoms with Crippen molar-refractivity contribution in [2.75, 3.05) is 29.6 Å². The highest BCUT2D eigenvalue weighted by atomic mass is 32.2. The number of anilines is 2. The van der Waals surface area contributed by atoms with Crippen molar-refractivity contribution in [3.05, 3.63) is 83.8 Å². The molecular formula is C33H38N6O4S. The molecule has 10 nitrogen and oxygen atoms in total. The van der Waals surface area contributed by atoms with Gasteiger partial charge in [0.2, 0.25) is 15.9 Å².